The molecule has 0 atom stereocenters. The van der Waals surface area contributed by atoms with Crippen LogP contribution in [0.2, 0.25) is 5.15 Å². The molecule has 0 aliphatic heterocycles. The lowest BCUT2D eigenvalue weighted by Gasteiger charge is -2.18. The van der Waals surface area contributed by atoms with Crippen LogP contribution in [0, 0.1) is 0 Å². The number of hydrogen-bond acceptors (Lipinski definition) is 2. The van der Waals surface area contributed by atoms with Gasteiger partial charge in [0.05, 0.1) is 0 Å². The van der Waals surface area contributed by atoms with Crippen LogP contribution in [0.4, 0.5) is 0 Å². The molecule has 2 nitrogen and oxygen atoms in total. The van der Waals surface area contributed by atoms with Gasteiger partial charge in [0, 0.05) is 23.2 Å². The highest BCUT2D eigenvalue weighted by atomic mass is 35.5. The third-order valence-electron chi connectivity index (χ3n) is 1.91. The Balaban J connectivity index is 3.10. The van der Waals surface area contributed by atoms with Gasteiger partial charge in [-0.1, -0.05) is 38.4 Å². The van der Waals surface area contributed by atoms with Gasteiger partial charge in [-0.2, -0.15) is 0 Å². The summed E-state index contributed by atoms with van der Waals surface area (Å²) in [5.74, 6) is 0. The summed E-state index contributed by atoms with van der Waals surface area (Å²) in [5.41, 5.74) is 7.42. The monoisotopic (exact) mass is 198 g/mol. The molecule has 3 heteroatoms. The Morgan fingerprint density at radius 3 is 2.38 bits per heavy atom. The number of nitrogens with two attached hydrogens (primary N) is 1. The van der Waals surface area contributed by atoms with Gasteiger partial charge in [-0.25, -0.2) is 4.98 Å². The van der Waals surface area contributed by atoms with Crippen LogP contribution >= 0.6 is 11.6 Å². The smallest absolute Gasteiger partial charge is 0.133 e. The first-order chi connectivity index (χ1) is 5.95. The number of aromatic nitrogens is 1. The zero-order chi connectivity index (χ0) is 10.1. The molecule has 2 N–H and O–H groups in total. The van der Waals surface area contributed by atoms with Crippen molar-refractivity contribution in [2.24, 2.45) is 5.73 Å². The summed E-state index contributed by atoms with van der Waals surface area (Å²) in [6.07, 6.45) is 0. The molecule has 0 bridgehead atoms. The van der Waals surface area contributed by atoms with E-state index in [1.807, 2.05) is 12.1 Å². The molecule has 72 valence electrons. The summed E-state index contributed by atoms with van der Waals surface area (Å²) < 4.78 is 0. The van der Waals surface area contributed by atoms with E-state index in [1.165, 1.54) is 0 Å². The maximum Gasteiger partial charge on any atom is 0.133 e. The summed E-state index contributed by atoms with van der Waals surface area (Å²) in [6.45, 7) is 6.76. The van der Waals surface area contributed by atoms with Gasteiger partial charge >= 0.3 is 0 Å². The first kappa shape index (κ1) is 10.5. The Kier molecular flexibility index (Phi) is 2.94. The molecule has 0 aliphatic carbocycles. The van der Waals surface area contributed by atoms with Crippen molar-refractivity contribution in [2.75, 3.05) is 0 Å². The maximum absolute atomic E-state index is 5.94. The molecule has 0 radical (unpaired) electrons. The number of pyridine rings is 1. The van der Waals surface area contributed by atoms with Crippen molar-refractivity contribution in [1.29, 1.82) is 0 Å². The molecular formula is C10H15ClN2. The van der Waals surface area contributed by atoms with Crippen LogP contribution in [-0.4, -0.2) is 4.98 Å². The minimum atomic E-state index is 0.0385. The Morgan fingerprint density at radius 2 is 2.00 bits per heavy atom. The standard InChI is InChI=1S/C10H15ClN2/c1-10(2,3)8-5-4-7(6-12)9(11)13-8/h4-5H,6,12H2,1-3H3. The molecule has 1 aromatic rings. The van der Waals surface area contributed by atoms with Gasteiger partial charge in [0.15, 0.2) is 0 Å². The fourth-order valence-electron chi connectivity index (χ4n) is 1.03. The van der Waals surface area contributed by atoms with Crippen LogP contribution in [0.5, 0.6) is 0 Å². The minimum Gasteiger partial charge on any atom is -0.326 e. The fourth-order valence-corrected chi connectivity index (χ4v) is 1.26. The van der Waals surface area contributed by atoms with Gasteiger partial charge in [-0.05, 0) is 6.07 Å². The highest BCUT2D eigenvalue weighted by molar-refractivity contribution is 6.30. The Bertz CT molecular complexity index is 302. The van der Waals surface area contributed by atoms with Gasteiger partial charge in [-0.3, -0.25) is 0 Å². The SMILES string of the molecule is CC(C)(C)c1ccc(CN)c(Cl)n1. The predicted molar refractivity (Wildman–Crippen MR) is 55.8 cm³/mol. The summed E-state index contributed by atoms with van der Waals surface area (Å²) in [7, 11) is 0. The zero-order valence-corrected chi connectivity index (χ0v) is 9.02. The molecule has 0 saturated carbocycles. The first-order valence-electron chi connectivity index (χ1n) is 4.31. The van der Waals surface area contributed by atoms with Gasteiger partial charge < -0.3 is 5.73 Å². The van der Waals surface area contributed by atoms with Crippen molar-refractivity contribution in [3.8, 4) is 0 Å². The number of rotatable bonds is 1. The maximum atomic E-state index is 5.94. The van der Waals surface area contributed by atoms with Crippen molar-refractivity contribution in [2.45, 2.75) is 32.7 Å². The van der Waals surface area contributed by atoms with E-state index in [9.17, 15) is 0 Å². The molecule has 13 heavy (non-hydrogen) atoms. The van der Waals surface area contributed by atoms with E-state index in [0.717, 1.165) is 11.3 Å². The third kappa shape index (κ3) is 2.42. The summed E-state index contributed by atoms with van der Waals surface area (Å²) in [6, 6.07) is 3.92. The van der Waals surface area contributed by atoms with E-state index < -0.39 is 0 Å². The topological polar surface area (TPSA) is 38.9 Å². The van der Waals surface area contributed by atoms with Crippen LogP contribution < -0.4 is 5.73 Å². The molecule has 0 fully saturated rings. The van der Waals surface area contributed by atoms with Crippen molar-refractivity contribution < 1.29 is 0 Å². The van der Waals surface area contributed by atoms with Gasteiger partial charge in [-0.15, -0.1) is 0 Å². The highest BCUT2D eigenvalue weighted by Gasteiger charge is 2.16. The quantitative estimate of drug-likeness (QED) is 0.705. The molecule has 0 aliphatic rings. The molecule has 0 spiro atoms. The number of halogens is 1. The number of nitrogens with zero attached hydrogens (tertiary/aromatic N) is 1. The second-order valence-electron chi connectivity index (χ2n) is 4.10. The Labute approximate surface area is 84.1 Å². The zero-order valence-electron chi connectivity index (χ0n) is 8.26. The van der Waals surface area contributed by atoms with Crippen molar-refractivity contribution in [1.82, 2.24) is 4.98 Å². The lowest BCUT2D eigenvalue weighted by atomic mass is 9.91. The highest BCUT2D eigenvalue weighted by Crippen LogP contribution is 2.23. The molecular weight excluding hydrogens is 184 g/mol. The third-order valence-corrected chi connectivity index (χ3v) is 2.24. The van der Waals surface area contributed by atoms with E-state index in [1.54, 1.807) is 0 Å². The second kappa shape index (κ2) is 3.64. The molecule has 1 aromatic heterocycles. The van der Waals surface area contributed by atoms with Crippen molar-refractivity contribution in [3.63, 3.8) is 0 Å². The molecule has 0 unspecified atom stereocenters. The van der Waals surface area contributed by atoms with Gasteiger partial charge in [0.1, 0.15) is 5.15 Å². The van der Waals surface area contributed by atoms with Crippen molar-refractivity contribution >= 4 is 11.6 Å². The average molecular weight is 199 g/mol. The Morgan fingerprint density at radius 1 is 1.38 bits per heavy atom. The lowest BCUT2D eigenvalue weighted by Crippen LogP contribution is -2.14. The molecule has 0 saturated heterocycles. The van der Waals surface area contributed by atoms with Crippen LogP contribution in [-0.2, 0) is 12.0 Å². The van der Waals surface area contributed by atoms with Crippen molar-refractivity contribution in [3.05, 3.63) is 28.5 Å². The van der Waals surface area contributed by atoms with E-state index in [2.05, 4.69) is 25.8 Å². The van der Waals surface area contributed by atoms with Gasteiger partial charge in [0.2, 0.25) is 0 Å². The molecule has 1 rings (SSSR count). The lowest BCUT2D eigenvalue weighted by molar-refractivity contribution is 0.568. The molecule has 0 aromatic carbocycles. The minimum absolute atomic E-state index is 0.0385. The van der Waals surface area contributed by atoms with E-state index in [-0.39, 0.29) is 5.41 Å². The predicted octanol–water partition coefficient (Wildman–Crippen LogP) is 2.49. The summed E-state index contributed by atoms with van der Waals surface area (Å²) in [4.78, 5) is 4.30. The average Bonchev–Trinajstić information content (AvgIpc) is 2.02. The molecule has 1 heterocycles. The Hall–Kier alpha value is -0.600. The number of hydrogen-bond donors (Lipinski definition) is 1. The molecule has 0 amide bonds. The van der Waals surface area contributed by atoms with Crippen LogP contribution in [0.3, 0.4) is 0 Å². The first-order valence-corrected chi connectivity index (χ1v) is 4.69. The van der Waals surface area contributed by atoms with Crippen LogP contribution in [0.25, 0.3) is 0 Å². The largest absolute Gasteiger partial charge is 0.326 e. The van der Waals surface area contributed by atoms with E-state index in [0.29, 0.717) is 11.7 Å². The normalized spacial score (nSPS) is 11.8. The van der Waals surface area contributed by atoms with E-state index in [4.69, 9.17) is 17.3 Å². The second-order valence-corrected chi connectivity index (χ2v) is 4.46. The van der Waals surface area contributed by atoms with E-state index >= 15 is 0 Å². The fraction of sp³-hybridized carbons (Fsp3) is 0.500. The summed E-state index contributed by atoms with van der Waals surface area (Å²) in [5, 5.41) is 0.523. The van der Waals surface area contributed by atoms with Crippen LogP contribution in [0.15, 0.2) is 12.1 Å². The van der Waals surface area contributed by atoms with Gasteiger partial charge in [0.25, 0.3) is 0 Å². The summed E-state index contributed by atoms with van der Waals surface area (Å²) >= 11 is 5.94. The van der Waals surface area contributed by atoms with Crippen LogP contribution in [0.1, 0.15) is 32.0 Å².